The highest BCUT2D eigenvalue weighted by molar-refractivity contribution is 6.09. The van der Waals surface area contributed by atoms with Crippen molar-refractivity contribution in [1.82, 2.24) is 10.2 Å². The Labute approximate surface area is 229 Å². The Hall–Kier alpha value is -2.38. The summed E-state index contributed by atoms with van der Waals surface area (Å²) in [5, 5.41) is 3.44. The number of piperazine rings is 1. The topological polar surface area (TPSA) is 86.8 Å². The number of rotatable bonds is 11. The summed E-state index contributed by atoms with van der Waals surface area (Å²) in [6, 6.07) is 5.76. The minimum atomic E-state index is -0.111. The van der Waals surface area contributed by atoms with E-state index < -0.39 is 0 Å². The normalized spacial score (nSPS) is 17.5. The molecule has 1 unspecified atom stereocenters. The van der Waals surface area contributed by atoms with Crippen molar-refractivity contribution in [2.24, 2.45) is 17.8 Å². The summed E-state index contributed by atoms with van der Waals surface area (Å²) in [4.78, 5) is 50.6. The van der Waals surface area contributed by atoms with Crippen molar-refractivity contribution < 1.29 is 19.2 Å². The molecule has 2 fully saturated rings. The molecule has 0 amide bonds. The van der Waals surface area contributed by atoms with E-state index >= 15 is 0 Å². The number of hydrogen-bond acceptors (Lipinski definition) is 7. The number of nitrogens with one attached hydrogen (secondary N) is 1. The third-order valence-corrected chi connectivity index (χ3v) is 7.85. The molecule has 3 rings (SSSR count). The first-order valence-corrected chi connectivity index (χ1v) is 14.4. The zero-order chi connectivity index (χ0) is 28.2. The minimum Gasteiger partial charge on any atom is -0.369 e. The Balaban J connectivity index is 0.000000432. The minimum absolute atomic E-state index is 0.0433. The van der Waals surface area contributed by atoms with Crippen LogP contribution in [0.3, 0.4) is 0 Å². The summed E-state index contributed by atoms with van der Waals surface area (Å²) < 4.78 is 0. The number of anilines is 1. The zero-order valence-electron chi connectivity index (χ0n) is 24.5. The molecule has 0 saturated carbocycles. The van der Waals surface area contributed by atoms with Gasteiger partial charge in [-0.25, -0.2) is 0 Å². The molecule has 1 atom stereocenters. The molecule has 2 heterocycles. The molecule has 2 aliphatic heterocycles. The van der Waals surface area contributed by atoms with Crippen LogP contribution in [0.2, 0.25) is 0 Å². The Kier molecular flexibility index (Phi) is 13.3. The van der Waals surface area contributed by atoms with Gasteiger partial charge in [-0.1, -0.05) is 20.8 Å². The molecule has 1 N–H and O–H groups in total. The van der Waals surface area contributed by atoms with Crippen molar-refractivity contribution in [2.75, 3.05) is 50.7 Å². The summed E-state index contributed by atoms with van der Waals surface area (Å²) in [7, 11) is 0. The summed E-state index contributed by atoms with van der Waals surface area (Å²) in [5.74, 6) is 1.15. The lowest BCUT2D eigenvalue weighted by Crippen LogP contribution is -2.47. The van der Waals surface area contributed by atoms with E-state index in [-0.39, 0.29) is 35.0 Å². The van der Waals surface area contributed by atoms with Gasteiger partial charge in [0.1, 0.15) is 11.6 Å². The maximum Gasteiger partial charge on any atom is 0.166 e. The van der Waals surface area contributed by atoms with Crippen LogP contribution in [-0.4, -0.2) is 73.8 Å². The molecule has 0 aromatic heterocycles. The van der Waals surface area contributed by atoms with Crippen LogP contribution in [0, 0.1) is 17.8 Å². The van der Waals surface area contributed by atoms with Gasteiger partial charge in [-0.3, -0.25) is 19.3 Å². The number of hydrogen-bond donors (Lipinski definition) is 1. The van der Waals surface area contributed by atoms with Crippen molar-refractivity contribution in [2.45, 2.75) is 73.6 Å². The SMILES string of the molecule is CC(=O)CCC(C)C(C)=O.CC(=O)c1ccc(N2CCN(CCC3CCNCC3)CC2)cc1C(=O)C(C)C. The van der Waals surface area contributed by atoms with Crippen molar-refractivity contribution in [1.29, 1.82) is 0 Å². The molecule has 0 spiro atoms. The van der Waals surface area contributed by atoms with E-state index in [2.05, 4.69) is 15.1 Å². The smallest absolute Gasteiger partial charge is 0.166 e. The van der Waals surface area contributed by atoms with Crippen molar-refractivity contribution >= 4 is 28.8 Å². The highest BCUT2D eigenvalue weighted by Gasteiger charge is 2.23. The van der Waals surface area contributed by atoms with Gasteiger partial charge in [0, 0.05) is 61.2 Å². The molecule has 0 radical (unpaired) electrons. The second kappa shape index (κ2) is 15.9. The van der Waals surface area contributed by atoms with E-state index in [1.807, 2.05) is 39.0 Å². The highest BCUT2D eigenvalue weighted by Crippen LogP contribution is 2.24. The summed E-state index contributed by atoms with van der Waals surface area (Å²) >= 11 is 0. The Morgan fingerprint density at radius 2 is 1.55 bits per heavy atom. The van der Waals surface area contributed by atoms with Crippen molar-refractivity contribution in [3.63, 3.8) is 0 Å². The second-order valence-electron chi connectivity index (χ2n) is 11.4. The first-order valence-electron chi connectivity index (χ1n) is 14.4. The molecule has 7 nitrogen and oxygen atoms in total. The van der Waals surface area contributed by atoms with Crippen LogP contribution in [0.25, 0.3) is 0 Å². The predicted molar refractivity (Wildman–Crippen MR) is 154 cm³/mol. The summed E-state index contributed by atoms with van der Waals surface area (Å²) in [5.41, 5.74) is 2.18. The fourth-order valence-electron chi connectivity index (χ4n) is 4.94. The van der Waals surface area contributed by atoms with Gasteiger partial charge in [-0.2, -0.15) is 0 Å². The maximum atomic E-state index is 12.6. The molecule has 1 aromatic rings. The lowest BCUT2D eigenvalue weighted by molar-refractivity contribution is -0.121. The van der Waals surface area contributed by atoms with Gasteiger partial charge in [0.25, 0.3) is 0 Å². The number of carbonyl (C=O) groups is 4. The van der Waals surface area contributed by atoms with Crippen molar-refractivity contribution in [3.05, 3.63) is 29.3 Å². The summed E-state index contributed by atoms with van der Waals surface area (Å²) in [6.45, 7) is 17.9. The molecule has 2 saturated heterocycles. The van der Waals surface area contributed by atoms with Crippen LogP contribution in [-0.2, 0) is 9.59 Å². The van der Waals surface area contributed by atoms with E-state index in [0.29, 0.717) is 24.0 Å². The molecular formula is C31H49N3O4. The average Bonchev–Trinajstić information content (AvgIpc) is 2.90. The standard InChI is InChI=1S/C23H35N3O2.C8H14O2/c1-17(2)23(28)22-16-20(4-5-21(22)18(3)27)26-14-12-25(13-15-26)11-8-19-6-9-24-10-7-19;1-6(8(3)10)4-5-7(2)9/h4-5,16-17,19,24H,6-15H2,1-3H3;6H,4-5H2,1-3H3. The number of piperidine rings is 1. The number of carbonyl (C=O) groups excluding carboxylic acids is 4. The van der Waals surface area contributed by atoms with Gasteiger partial charge in [0.2, 0.25) is 0 Å². The molecule has 2 aliphatic rings. The van der Waals surface area contributed by atoms with Crippen LogP contribution in [0.4, 0.5) is 5.69 Å². The molecule has 7 heteroatoms. The number of nitrogens with zero attached hydrogens (tertiary/aromatic N) is 2. The molecule has 0 bridgehead atoms. The largest absolute Gasteiger partial charge is 0.369 e. The molecular weight excluding hydrogens is 478 g/mol. The van der Waals surface area contributed by atoms with Crippen LogP contribution < -0.4 is 10.2 Å². The maximum absolute atomic E-state index is 12.6. The molecule has 212 valence electrons. The number of benzene rings is 1. The van der Waals surface area contributed by atoms with E-state index in [9.17, 15) is 19.2 Å². The van der Waals surface area contributed by atoms with Gasteiger partial charge in [-0.05, 0) is 90.2 Å². The van der Waals surface area contributed by atoms with Crippen LogP contribution in [0.5, 0.6) is 0 Å². The van der Waals surface area contributed by atoms with Gasteiger partial charge in [0.05, 0.1) is 0 Å². The number of Topliss-reactive ketones (excluding diaryl/α,β-unsaturated/α-hetero) is 4. The first-order chi connectivity index (χ1) is 18.0. The molecule has 1 aromatic carbocycles. The summed E-state index contributed by atoms with van der Waals surface area (Å²) in [6.07, 6.45) is 5.16. The van der Waals surface area contributed by atoms with E-state index in [0.717, 1.165) is 37.8 Å². The Bertz CT molecular complexity index is 944. The fourth-order valence-corrected chi connectivity index (χ4v) is 4.94. The number of ketones is 4. The quantitative estimate of drug-likeness (QED) is 0.413. The van der Waals surface area contributed by atoms with E-state index in [4.69, 9.17) is 0 Å². The molecule has 38 heavy (non-hydrogen) atoms. The van der Waals surface area contributed by atoms with Gasteiger partial charge < -0.3 is 15.0 Å². The lowest BCUT2D eigenvalue weighted by Gasteiger charge is -2.37. The first kappa shape index (κ1) is 31.8. The fraction of sp³-hybridized carbons (Fsp3) is 0.677. The highest BCUT2D eigenvalue weighted by atomic mass is 16.1. The van der Waals surface area contributed by atoms with E-state index in [1.165, 1.54) is 45.8 Å². The third kappa shape index (κ3) is 10.4. The van der Waals surface area contributed by atoms with E-state index in [1.54, 1.807) is 13.8 Å². The van der Waals surface area contributed by atoms with Crippen LogP contribution >= 0.6 is 0 Å². The zero-order valence-corrected chi connectivity index (χ0v) is 24.5. The van der Waals surface area contributed by atoms with Gasteiger partial charge in [-0.15, -0.1) is 0 Å². The van der Waals surface area contributed by atoms with Crippen LogP contribution in [0.1, 0.15) is 94.4 Å². The second-order valence-corrected chi connectivity index (χ2v) is 11.4. The third-order valence-electron chi connectivity index (χ3n) is 7.85. The van der Waals surface area contributed by atoms with Gasteiger partial charge in [0.15, 0.2) is 11.6 Å². The molecule has 0 aliphatic carbocycles. The average molecular weight is 528 g/mol. The monoisotopic (exact) mass is 527 g/mol. The van der Waals surface area contributed by atoms with Crippen LogP contribution in [0.15, 0.2) is 18.2 Å². The predicted octanol–water partition coefficient (Wildman–Crippen LogP) is 4.82. The Morgan fingerprint density at radius 3 is 2.08 bits per heavy atom. The Morgan fingerprint density at radius 1 is 0.921 bits per heavy atom. The van der Waals surface area contributed by atoms with Crippen molar-refractivity contribution in [3.8, 4) is 0 Å². The van der Waals surface area contributed by atoms with Gasteiger partial charge >= 0.3 is 0 Å². The lowest BCUT2D eigenvalue weighted by atomic mass is 9.93.